The molecule has 0 aliphatic carbocycles. The van der Waals surface area contributed by atoms with Crippen LogP contribution in [0.4, 0.5) is 0 Å². The van der Waals surface area contributed by atoms with Crippen LogP contribution in [0.3, 0.4) is 0 Å². The molecule has 24 heavy (non-hydrogen) atoms. The zero-order valence-electron chi connectivity index (χ0n) is 14.5. The van der Waals surface area contributed by atoms with Gasteiger partial charge >= 0.3 is 0 Å². The van der Waals surface area contributed by atoms with Crippen LogP contribution in [-0.2, 0) is 6.54 Å². The number of carbonyl (C=O) groups is 1. The second-order valence-corrected chi connectivity index (χ2v) is 6.35. The van der Waals surface area contributed by atoms with Crippen LogP contribution >= 0.6 is 0 Å². The Kier molecular flexibility index (Phi) is 4.34. The molecule has 0 saturated heterocycles. The summed E-state index contributed by atoms with van der Waals surface area (Å²) in [6.07, 6.45) is 0. The molecule has 0 radical (unpaired) electrons. The molecule has 3 aromatic rings. The minimum absolute atomic E-state index is 0.0571. The van der Waals surface area contributed by atoms with E-state index < -0.39 is 0 Å². The van der Waals surface area contributed by atoms with Gasteiger partial charge in [0.15, 0.2) is 5.65 Å². The largest absolute Gasteiger partial charge is 0.331 e. The van der Waals surface area contributed by atoms with Gasteiger partial charge in [0.25, 0.3) is 5.91 Å². The first-order valence-electron chi connectivity index (χ1n) is 8.14. The van der Waals surface area contributed by atoms with Crippen LogP contribution in [0.1, 0.15) is 41.3 Å². The molecule has 2 heterocycles. The summed E-state index contributed by atoms with van der Waals surface area (Å²) in [5, 5.41) is 4.39. The summed E-state index contributed by atoms with van der Waals surface area (Å²) in [7, 11) is 0. The summed E-state index contributed by atoms with van der Waals surface area (Å²) in [5.74, 6) is -0.0571. The van der Waals surface area contributed by atoms with Gasteiger partial charge in [0.05, 0.1) is 5.69 Å². The van der Waals surface area contributed by atoms with Gasteiger partial charge in [0.2, 0.25) is 0 Å². The Morgan fingerprint density at radius 1 is 1.17 bits per heavy atom. The minimum Gasteiger partial charge on any atom is -0.331 e. The standard InChI is InChI=1S/C19H22N4O/c1-13(2)22(12-16-8-6-5-7-9-16)19(24)17-11-15(4)23-18(20-17)10-14(3)21-23/h5-11,13H,12H2,1-4H3. The molecule has 1 amide bonds. The highest BCUT2D eigenvalue weighted by Crippen LogP contribution is 2.15. The van der Waals surface area contributed by atoms with Crippen LogP contribution in [-0.4, -0.2) is 31.4 Å². The lowest BCUT2D eigenvalue weighted by Crippen LogP contribution is -2.37. The van der Waals surface area contributed by atoms with Crippen LogP contribution in [0.2, 0.25) is 0 Å². The third-order valence-corrected chi connectivity index (χ3v) is 4.03. The zero-order chi connectivity index (χ0) is 17.3. The summed E-state index contributed by atoms with van der Waals surface area (Å²) in [6.45, 7) is 8.48. The molecule has 3 rings (SSSR count). The predicted molar refractivity (Wildman–Crippen MR) is 93.9 cm³/mol. The van der Waals surface area contributed by atoms with Crippen molar-refractivity contribution < 1.29 is 4.79 Å². The second-order valence-electron chi connectivity index (χ2n) is 6.35. The van der Waals surface area contributed by atoms with Crippen molar-refractivity contribution in [1.29, 1.82) is 0 Å². The van der Waals surface area contributed by atoms with E-state index in [1.165, 1.54) is 0 Å². The van der Waals surface area contributed by atoms with Crippen LogP contribution < -0.4 is 0 Å². The van der Waals surface area contributed by atoms with E-state index in [4.69, 9.17) is 0 Å². The van der Waals surface area contributed by atoms with Crippen molar-refractivity contribution >= 4 is 11.6 Å². The molecular weight excluding hydrogens is 300 g/mol. The highest BCUT2D eigenvalue weighted by Gasteiger charge is 2.21. The summed E-state index contributed by atoms with van der Waals surface area (Å²) < 4.78 is 1.77. The molecule has 2 aromatic heterocycles. The fraction of sp³-hybridized carbons (Fsp3) is 0.316. The first kappa shape index (κ1) is 16.2. The number of nitrogens with zero attached hydrogens (tertiary/aromatic N) is 4. The van der Waals surface area contributed by atoms with E-state index in [1.54, 1.807) is 4.52 Å². The van der Waals surface area contributed by atoms with Crippen LogP contribution in [0.15, 0.2) is 42.5 Å². The summed E-state index contributed by atoms with van der Waals surface area (Å²) in [6, 6.07) is 13.8. The van der Waals surface area contributed by atoms with Gasteiger partial charge in [-0.05, 0) is 39.3 Å². The number of rotatable bonds is 4. The molecule has 0 N–H and O–H groups in total. The number of hydrogen-bond donors (Lipinski definition) is 0. The van der Waals surface area contributed by atoms with Crippen LogP contribution in [0.5, 0.6) is 0 Å². The number of aryl methyl sites for hydroxylation is 2. The predicted octanol–water partition coefficient (Wildman–Crippen LogP) is 3.40. The highest BCUT2D eigenvalue weighted by molar-refractivity contribution is 5.93. The molecule has 0 unspecified atom stereocenters. The Hall–Kier alpha value is -2.69. The molecule has 5 nitrogen and oxygen atoms in total. The lowest BCUT2D eigenvalue weighted by Gasteiger charge is -2.26. The number of amides is 1. The van der Waals surface area contributed by atoms with Crippen molar-refractivity contribution in [1.82, 2.24) is 19.5 Å². The summed E-state index contributed by atoms with van der Waals surface area (Å²) in [5.41, 5.74) is 4.07. The molecule has 0 aliphatic heterocycles. The SMILES string of the molecule is Cc1cc2nc(C(=O)N(Cc3ccccc3)C(C)C)cc(C)n2n1. The molecule has 0 saturated carbocycles. The maximum absolute atomic E-state index is 13.0. The smallest absolute Gasteiger partial charge is 0.273 e. The topological polar surface area (TPSA) is 50.5 Å². The van der Waals surface area contributed by atoms with Crippen LogP contribution in [0.25, 0.3) is 5.65 Å². The average Bonchev–Trinajstić information content (AvgIpc) is 2.93. The minimum atomic E-state index is -0.0571. The summed E-state index contributed by atoms with van der Waals surface area (Å²) in [4.78, 5) is 19.4. The van der Waals surface area contributed by atoms with Gasteiger partial charge in [-0.15, -0.1) is 0 Å². The lowest BCUT2D eigenvalue weighted by atomic mass is 10.1. The van der Waals surface area contributed by atoms with E-state index >= 15 is 0 Å². The van der Waals surface area contributed by atoms with E-state index in [0.717, 1.165) is 17.0 Å². The van der Waals surface area contributed by atoms with Gasteiger partial charge in [-0.1, -0.05) is 30.3 Å². The molecule has 0 atom stereocenters. The lowest BCUT2D eigenvalue weighted by molar-refractivity contribution is 0.0684. The molecule has 0 bridgehead atoms. The number of benzene rings is 1. The van der Waals surface area contributed by atoms with Crippen molar-refractivity contribution in [2.24, 2.45) is 0 Å². The second kappa shape index (κ2) is 6.43. The number of fused-ring (bicyclic) bond motifs is 1. The van der Waals surface area contributed by atoms with Crippen molar-refractivity contribution in [2.75, 3.05) is 0 Å². The van der Waals surface area contributed by atoms with E-state index in [0.29, 0.717) is 17.9 Å². The number of carbonyl (C=O) groups excluding carboxylic acids is 1. The Balaban J connectivity index is 1.95. The zero-order valence-corrected chi connectivity index (χ0v) is 14.5. The molecule has 5 heteroatoms. The number of hydrogen-bond acceptors (Lipinski definition) is 3. The Bertz CT molecular complexity index is 868. The average molecular weight is 322 g/mol. The van der Waals surface area contributed by atoms with Crippen molar-refractivity contribution in [3.63, 3.8) is 0 Å². The maximum Gasteiger partial charge on any atom is 0.273 e. The van der Waals surface area contributed by atoms with Gasteiger partial charge < -0.3 is 4.90 Å². The fourth-order valence-electron chi connectivity index (χ4n) is 2.77. The third kappa shape index (κ3) is 3.15. The summed E-state index contributed by atoms with van der Waals surface area (Å²) >= 11 is 0. The normalized spacial score (nSPS) is 11.2. The Labute approximate surface area is 141 Å². The monoisotopic (exact) mass is 322 g/mol. The van der Waals surface area contributed by atoms with Crippen LogP contribution in [0, 0.1) is 13.8 Å². The molecule has 1 aromatic carbocycles. The van der Waals surface area contributed by atoms with Gasteiger partial charge in [-0.2, -0.15) is 5.10 Å². The van der Waals surface area contributed by atoms with E-state index in [9.17, 15) is 4.79 Å². The van der Waals surface area contributed by atoms with Crippen molar-refractivity contribution in [3.05, 3.63) is 65.1 Å². The quantitative estimate of drug-likeness (QED) is 0.740. The van der Waals surface area contributed by atoms with Crippen molar-refractivity contribution in [2.45, 2.75) is 40.3 Å². The first-order valence-corrected chi connectivity index (χ1v) is 8.14. The fourth-order valence-corrected chi connectivity index (χ4v) is 2.77. The molecular formula is C19H22N4O. The Morgan fingerprint density at radius 3 is 2.54 bits per heavy atom. The maximum atomic E-state index is 13.0. The molecule has 0 fully saturated rings. The van der Waals surface area contributed by atoms with Gasteiger partial charge in [-0.3, -0.25) is 4.79 Å². The van der Waals surface area contributed by atoms with Gasteiger partial charge in [-0.25, -0.2) is 9.50 Å². The van der Waals surface area contributed by atoms with E-state index in [-0.39, 0.29) is 11.9 Å². The van der Waals surface area contributed by atoms with Gasteiger partial charge in [0.1, 0.15) is 5.69 Å². The highest BCUT2D eigenvalue weighted by atomic mass is 16.2. The number of aromatic nitrogens is 3. The Morgan fingerprint density at radius 2 is 1.88 bits per heavy atom. The van der Waals surface area contributed by atoms with E-state index in [2.05, 4.69) is 10.1 Å². The first-order chi connectivity index (χ1) is 11.5. The molecule has 0 aliphatic rings. The third-order valence-electron chi connectivity index (χ3n) is 4.03. The molecule has 124 valence electrons. The van der Waals surface area contributed by atoms with Crippen molar-refractivity contribution in [3.8, 4) is 0 Å². The molecule has 0 spiro atoms. The van der Waals surface area contributed by atoms with Gasteiger partial charge in [0, 0.05) is 24.3 Å². The van der Waals surface area contributed by atoms with E-state index in [1.807, 2.05) is 75.1 Å².